The van der Waals surface area contributed by atoms with E-state index in [1.807, 2.05) is 39.0 Å². The first kappa shape index (κ1) is 14.0. The fraction of sp³-hybridized carbons (Fsp3) is 0.562. The van der Waals surface area contributed by atoms with Crippen LogP contribution in [-0.2, 0) is 0 Å². The number of carbonyl (C=O) groups excluding carboxylic acids is 1. The molecular formula is C16H22FNO. The summed E-state index contributed by atoms with van der Waals surface area (Å²) in [4.78, 5) is 14.1. The molecule has 1 aromatic carbocycles. The molecule has 2 rings (SSSR count). The van der Waals surface area contributed by atoms with Crippen LogP contribution in [0.5, 0.6) is 0 Å². The van der Waals surface area contributed by atoms with E-state index >= 15 is 0 Å². The van der Waals surface area contributed by atoms with Gasteiger partial charge in [-0.25, -0.2) is 4.39 Å². The number of hydrogen-bond acceptors (Lipinski definition) is 1. The predicted octanol–water partition coefficient (Wildman–Crippen LogP) is 3.66. The number of halogens is 1. The van der Waals surface area contributed by atoms with Gasteiger partial charge in [-0.1, -0.05) is 13.0 Å². The fourth-order valence-electron chi connectivity index (χ4n) is 2.52. The third kappa shape index (κ3) is 2.96. The lowest BCUT2D eigenvalue weighted by Crippen LogP contribution is -2.44. The SMILES string of the molecule is CCC1(F)CCN(C(=O)c2ccc(C)c(C)c2)CC1. The first-order valence-corrected chi connectivity index (χ1v) is 7.00. The topological polar surface area (TPSA) is 20.3 Å². The highest BCUT2D eigenvalue weighted by Gasteiger charge is 2.34. The zero-order valence-electron chi connectivity index (χ0n) is 12.0. The van der Waals surface area contributed by atoms with Crippen molar-refractivity contribution in [3.63, 3.8) is 0 Å². The van der Waals surface area contributed by atoms with E-state index in [4.69, 9.17) is 0 Å². The molecule has 1 heterocycles. The van der Waals surface area contributed by atoms with Crippen molar-refractivity contribution < 1.29 is 9.18 Å². The minimum atomic E-state index is -1.07. The van der Waals surface area contributed by atoms with Gasteiger partial charge in [-0.3, -0.25) is 4.79 Å². The van der Waals surface area contributed by atoms with Gasteiger partial charge in [-0.2, -0.15) is 0 Å². The number of aryl methyl sites for hydroxylation is 2. The van der Waals surface area contributed by atoms with E-state index in [9.17, 15) is 9.18 Å². The van der Waals surface area contributed by atoms with E-state index in [0.29, 0.717) is 37.9 Å². The summed E-state index contributed by atoms with van der Waals surface area (Å²) in [6.45, 7) is 6.96. The van der Waals surface area contributed by atoms with Gasteiger partial charge < -0.3 is 4.90 Å². The molecule has 1 fully saturated rings. The van der Waals surface area contributed by atoms with Crippen LogP contribution in [-0.4, -0.2) is 29.6 Å². The summed E-state index contributed by atoms with van der Waals surface area (Å²) >= 11 is 0. The Morgan fingerprint density at radius 2 is 1.89 bits per heavy atom. The molecule has 0 saturated carbocycles. The van der Waals surface area contributed by atoms with Gasteiger partial charge in [0.2, 0.25) is 0 Å². The molecule has 1 aliphatic heterocycles. The molecule has 0 N–H and O–H groups in total. The van der Waals surface area contributed by atoms with E-state index in [1.54, 1.807) is 4.90 Å². The number of hydrogen-bond donors (Lipinski definition) is 0. The Hall–Kier alpha value is -1.38. The zero-order chi connectivity index (χ0) is 14.0. The molecule has 1 aromatic rings. The lowest BCUT2D eigenvalue weighted by molar-refractivity contribution is 0.0419. The van der Waals surface area contributed by atoms with Crippen LogP contribution in [0.2, 0.25) is 0 Å². The summed E-state index contributed by atoms with van der Waals surface area (Å²) in [5.41, 5.74) is 1.95. The number of carbonyl (C=O) groups is 1. The molecule has 0 aromatic heterocycles. The third-order valence-corrected chi connectivity index (χ3v) is 4.33. The number of amides is 1. The summed E-state index contributed by atoms with van der Waals surface area (Å²) in [6.07, 6.45) is 1.46. The lowest BCUT2D eigenvalue weighted by Gasteiger charge is -2.36. The van der Waals surface area contributed by atoms with Crippen molar-refractivity contribution >= 4 is 5.91 Å². The monoisotopic (exact) mass is 263 g/mol. The van der Waals surface area contributed by atoms with Crippen molar-refractivity contribution in [3.05, 3.63) is 34.9 Å². The summed E-state index contributed by atoms with van der Waals surface area (Å²) in [6, 6.07) is 5.76. The second-order valence-corrected chi connectivity index (χ2v) is 5.60. The van der Waals surface area contributed by atoms with E-state index in [0.717, 1.165) is 5.56 Å². The van der Waals surface area contributed by atoms with Crippen LogP contribution < -0.4 is 0 Å². The maximum absolute atomic E-state index is 14.1. The van der Waals surface area contributed by atoms with E-state index < -0.39 is 5.67 Å². The van der Waals surface area contributed by atoms with Crippen LogP contribution >= 0.6 is 0 Å². The van der Waals surface area contributed by atoms with Crippen molar-refractivity contribution in [1.29, 1.82) is 0 Å². The highest BCUT2D eigenvalue weighted by atomic mass is 19.1. The Balaban J connectivity index is 2.07. The van der Waals surface area contributed by atoms with E-state index in [-0.39, 0.29) is 5.91 Å². The molecule has 0 unspecified atom stereocenters. The van der Waals surface area contributed by atoms with Crippen LogP contribution in [0.4, 0.5) is 4.39 Å². The Labute approximate surface area is 114 Å². The number of nitrogens with zero attached hydrogens (tertiary/aromatic N) is 1. The summed E-state index contributed by atoms with van der Waals surface area (Å²) in [7, 11) is 0. The molecule has 104 valence electrons. The molecule has 19 heavy (non-hydrogen) atoms. The molecule has 1 amide bonds. The molecule has 2 nitrogen and oxygen atoms in total. The van der Waals surface area contributed by atoms with Crippen molar-refractivity contribution in [3.8, 4) is 0 Å². The predicted molar refractivity (Wildman–Crippen MR) is 75.2 cm³/mol. The van der Waals surface area contributed by atoms with Crippen LogP contribution in [0.15, 0.2) is 18.2 Å². The lowest BCUT2D eigenvalue weighted by atomic mass is 9.90. The fourth-order valence-corrected chi connectivity index (χ4v) is 2.52. The molecule has 0 spiro atoms. The average molecular weight is 263 g/mol. The largest absolute Gasteiger partial charge is 0.338 e. The summed E-state index contributed by atoms with van der Waals surface area (Å²) in [5.74, 6) is 0.0289. The Morgan fingerprint density at radius 3 is 2.42 bits per heavy atom. The van der Waals surface area contributed by atoms with Gasteiger partial charge in [-0.05, 0) is 56.4 Å². The molecule has 3 heteroatoms. The minimum absolute atomic E-state index is 0.0289. The third-order valence-electron chi connectivity index (χ3n) is 4.33. The number of alkyl halides is 1. The number of piperidine rings is 1. The van der Waals surface area contributed by atoms with Crippen molar-refractivity contribution in [2.45, 2.75) is 45.7 Å². The van der Waals surface area contributed by atoms with Gasteiger partial charge in [0.1, 0.15) is 5.67 Å². The highest BCUT2D eigenvalue weighted by Crippen LogP contribution is 2.30. The Morgan fingerprint density at radius 1 is 1.26 bits per heavy atom. The molecule has 0 aliphatic carbocycles. The van der Waals surface area contributed by atoms with Crippen molar-refractivity contribution in [1.82, 2.24) is 4.90 Å². The van der Waals surface area contributed by atoms with Crippen LogP contribution in [0, 0.1) is 13.8 Å². The number of likely N-dealkylation sites (tertiary alicyclic amines) is 1. The molecule has 1 aliphatic rings. The number of benzene rings is 1. The first-order chi connectivity index (χ1) is 8.95. The van der Waals surface area contributed by atoms with Crippen LogP contribution in [0.1, 0.15) is 47.7 Å². The van der Waals surface area contributed by atoms with Gasteiger partial charge in [-0.15, -0.1) is 0 Å². The average Bonchev–Trinajstić information content (AvgIpc) is 2.42. The Bertz CT molecular complexity index is 476. The smallest absolute Gasteiger partial charge is 0.253 e. The van der Waals surface area contributed by atoms with Crippen molar-refractivity contribution in [2.75, 3.05) is 13.1 Å². The minimum Gasteiger partial charge on any atom is -0.338 e. The van der Waals surface area contributed by atoms with Gasteiger partial charge in [0.15, 0.2) is 0 Å². The molecule has 0 radical (unpaired) electrons. The van der Waals surface area contributed by atoms with Crippen LogP contribution in [0.25, 0.3) is 0 Å². The quantitative estimate of drug-likeness (QED) is 0.797. The number of rotatable bonds is 2. The van der Waals surface area contributed by atoms with E-state index in [1.165, 1.54) is 5.56 Å². The van der Waals surface area contributed by atoms with Crippen molar-refractivity contribution in [2.24, 2.45) is 0 Å². The van der Waals surface area contributed by atoms with Crippen LogP contribution in [0.3, 0.4) is 0 Å². The molecular weight excluding hydrogens is 241 g/mol. The second kappa shape index (κ2) is 5.32. The summed E-state index contributed by atoms with van der Waals surface area (Å²) < 4.78 is 14.1. The maximum atomic E-state index is 14.1. The van der Waals surface area contributed by atoms with Gasteiger partial charge in [0.25, 0.3) is 5.91 Å². The maximum Gasteiger partial charge on any atom is 0.253 e. The molecule has 0 bridgehead atoms. The van der Waals surface area contributed by atoms with Gasteiger partial charge in [0.05, 0.1) is 0 Å². The first-order valence-electron chi connectivity index (χ1n) is 7.00. The standard InChI is InChI=1S/C16H22FNO/c1-4-16(17)7-9-18(10-8-16)15(19)14-6-5-12(2)13(3)11-14/h5-6,11H,4,7-10H2,1-3H3. The normalized spacial score (nSPS) is 18.4. The Kier molecular flexibility index (Phi) is 3.93. The summed E-state index contributed by atoms with van der Waals surface area (Å²) in [5, 5.41) is 0. The molecule has 1 saturated heterocycles. The second-order valence-electron chi connectivity index (χ2n) is 5.60. The van der Waals surface area contributed by atoms with E-state index in [2.05, 4.69) is 0 Å². The molecule has 0 atom stereocenters. The highest BCUT2D eigenvalue weighted by molar-refractivity contribution is 5.94. The zero-order valence-corrected chi connectivity index (χ0v) is 12.0. The van der Waals surface area contributed by atoms with Gasteiger partial charge >= 0.3 is 0 Å². The van der Waals surface area contributed by atoms with Gasteiger partial charge in [0, 0.05) is 18.7 Å².